The number of hydrogen-bond acceptors (Lipinski definition) is 2. The summed E-state index contributed by atoms with van der Waals surface area (Å²) in [6.07, 6.45) is 4.30. The average Bonchev–Trinajstić information content (AvgIpc) is 2.41. The minimum atomic E-state index is -0.423. The third kappa shape index (κ3) is 6.01. The highest BCUT2D eigenvalue weighted by Crippen LogP contribution is 2.21. The molecule has 20 heavy (non-hydrogen) atoms. The molecule has 0 bridgehead atoms. The van der Waals surface area contributed by atoms with Crippen LogP contribution in [0.2, 0.25) is 0 Å². The van der Waals surface area contributed by atoms with Gasteiger partial charge < -0.3 is 11.1 Å². The van der Waals surface area contributed by atoms with Crippen molar-refractivity contribution in [3.63, 3.8) is 0 Å². The van der Waals surface area contributed by atoms with Crippen LogP contribution in [0.25, 0.3) is 0 Å². The third-order valence-electron chi connectivity index (χ3n) is 3.25. The zero-order valence-corrected chi connectivity index (χ0v) is 13.4. The van der Waals surface area contributed by atoms with E-state index in [0.29, 0.717) is 18.9 Å². The molecule has 0 aliphatic heterocycles. The van der Waals surface area contributed by atoms with Crippen molar-refractivity contribution in [1.82, 2.24) is 0 Å². The number of amides is 1. The molecule has 1 rings (SSSR count). The van der Waals surface area contributed by atoms with Crippen LogP contribution < -0.4 is 11.1 Å². The molecule has 0 spiro atoms. The van der Waals surface area contributed by atoms with Crippen molar-refractivity contribution in [3.05, 3.63) is 28.5 Å². The lowest BCUT2D eigenvalue weighted by atomic mass is 9.94. The highest BCUT2D eigenvalue weighted by Gasteiger charge is 2.12. The molecule has 5 heteroatoms. The van der Waals surface area contributed by atoms with E-state index < -0.39 is 5.82 Å². The molecular formula is C15H22BrFN2O. The Labute approximate surface area is 128 Å². The second-order valence-electron chi connectivity index (χ2n) is 4.94. The second-order valence-corrected chi connectivity index (χ2v) is 5.86. The van der Waals surface area contributed by atoms with Crippen LogP contribution in [0.15, 0.2) is 22.7 Å². The molecule has 0 radical (unpaired) electrons. The van der Waals surface area contributed by atoms with E-state index in [-0.39, 0.29) is 11.6 Å². The van der Waals surface area contributed by atoms with Crippen molar-refractivity contribution in [2.45, 2.75) is 39.0 Å². The van der Waals surface area contributed by atoms with E-state index in [0.717, 1.165) is 30.2 Å². The van der Waals surface area contributed by atoms with E-state index in [4.69, 9.17) is 5.73 Å². The summed E-state index contributed by atoms with van der Waals surface area (Å²) in [4.78, 5) is 11.9. The Balaban J connectivity index is 2.48. The molecule has 0 aromatic heterocycles. The van der Waals surface area contributed by atoms with E-state index >= 15 is 0 Å². The number of rotatable bonds is 8. The first-order valence-corrected chi connectivity index (χ1v) is 7.81. The quantitative estimate of drug-likeness (QED) is 0.746. The predicted molar refractivity (Wildman–Crippen MR) is 84.0 cm³/mol. The smallest absolute Gasteiger partial charge is 0.224 e. The lowest BCUT2D eigenvalue weighted by molar-refractivity contribution is -0.116. The number of nitrogens with two attached hydrogens (primary N) is 1. The number of hydrogen-bond donors (Lipinski definition) is 2. The molecule has 1 amide bonds. The van der Waals surface area contributed by atoms with Gasteiger partial charge in [-0.05, 0) is 43.5 Å². The minimum absolute atomic E-state index is 0.153. The van der Waals surface area contributed by atoms with Crippen molar-refractivity contribution in [2.75, 3.05) is 11.9 Å². The Morgan fingerprint density at radius 2 is 2.15 bits per heavy atom. The van der Waals surface area contributed by atoms with Crippen LogP contribution in [-0.4, -0.2) is 12.5 Å². The van der Waals surface area contributed by atoms with Crippen LogP contribution in [0.3, 0.4) is 0 Å². The fraction of sp³-hybridized carbons (Fsp3) is 0.533. The maximum atomic E-state index is 13.5. The molecular weight excluding hydrogens is 323 g/mol. The van der Waals surface area contributed by atoms with Crippen molar-refractivity contribution >= 4 is 27.5 Å². The summed E-state index contributed by atoms with van der Waals surface area (Å²) < 4.78 is 14.3. The maximum Gasteiger partial charge on any atom is 0.224 e. The molecule has 0 fully saturated rings. The second kappa shape index (κ2) is 9.08. The highest BCUT2D eigenvalue weighted by molar-refractivity contribution is 9.10. The molecule has 0 aliphatic rings. The fourth-order valence-corrected chi connectivity index (χ4v) is 2.58. The van der Waals surface area contributed by atoms with E-state index in [1.54, 1.807) is 12.1 Å². The summed E-state index contributed by atoms with van der Waals surface area (Å²) in [6.45, 7) is 2.77. The van der Waals surface area contributed by atoms with Gasteiger partial charge in [-0.25, -0.2) is 4.39 Å². The Bertz CT molecular complexity index is 434. The summed E-state index contributed by atoms with van der Waals surface area (Å²) in [5.41, 5.74) is 5.79. The molecule has 1 unspecified atom stereocenters. The summed E-state index contributed by atoms with van der Waals surface area (Å²) >= 11 is 3.26. The normalized spacial score (nSPS) is 12.2. The van der Waals surface area contributed by atoms with E-state index in [2.05, 4.69) is 28.2 Å². The molecule has 1 aromatic rings. The van der Waals surface area contributed by atoms with Gasteiger partial charge in [0.25, 0.3) is 0 Å². The summed E-state index contributed by atoms with van der Waals surface area (Å²) in [5.74, 6) is -0.100. The number of anilines is 1. The largest absolute Gasteiger partial charge is 0.330 e. The van der Waals surface area contributed by atoms with Crippen molar-refractivity contribution in [1.29, 1.82) is 0 Å². The summed E-state index contributed by atoms with van der Waals surface area (Å²) in [5, 5.41) is 2.62. The van der Waals surface area contributed by atoms with Crippen LogP contribution in [-0.2, 0) is 4.79 Å². The van der Waals surface area contributed by atoms with Gasteiger partial charge in [-0.2, -0.15) is 0 Å². The van der Waals surface area contributed by atoms with Gasteiger partial charge in [-0.15, -0.1) is 0 Å². The number of halogens is 2. The Morgan fingerprint density at radius 1 is 1.40 bits per heavy atom. The fourth-order valence-electron chi connectivity index (χ4n) is 2.22. The van der Waals surface area contributed by atoms with Crippen molar-refractivity contribution in [3.8, 4) is 0 Å². The van der Waals surface area contributed by atoms with Crippen molar-refractivity contribution < 1.29 is 9.18 Å². The molecule has 112 valence electrons. The molecule has 1 atom stereocenters. The highest BCUT2D eigenvalue weighted by atomic mass is 79.9. The van der Waals surface area contributed by atoms with E-state index in [9.17, 15) is 9.18 Å². The first-order valence-electron chi connectivity index (χ1n) is 7.01. The van der Waals surface area contributed by atoms with Crippen LogP contribution in [0, 0.1) is 11.7 Å². The van der Waals surface area contributed by atoms with Crippen LogP contribution in [0.5, 0.6) is 0 Å². The lowest BCUT2D eigenvalue weighted by Gasteiger charge is -2.14. The van der Waals surface area contributed by atoms with Gasteiger partial charge in [0.15, 0.2) is 0 Å². The number of benzene rings is 1. The van der Waals surface area contributed by atoms with E-state index in [1.165, 1.54) is 6.07 Å². The maximum absolute atomic E-state index is 13.5. The number of carbonyl (C=O) groups excluding carboxylic acids is 1. The first kappa shape index (κ1) is 17.1. The van der Waals surface area contributed by atoms with Gasteiger partial charge in [0.05, 0.1) is 5.69 Å². The zero-order valence-electron chi connectivity index (χ0n) is 11.8. The van der Waals surface area contributed by atoms with Gasteiger partial charge in [0.2, 0.25) is 5.91 Å². The van der Waals surface area contributed by atoms with Gasteiger partial charge in [-0.3, -0.25) is 4.79 Å². The molecule has 0 saturated heterocycles. The minimum Gasteiger partial charge on any atom is -0.330 e. The van der Waals surface area contributed by atoms with Crippen molar-refractivity contribution in [2.24, 2.45) is 11.7 Å². The van der Waals surface area contributed by atoms with Crippen LogP contribution >= 0.6 is 15.9 Å². The molecule has 1 aromatic carbocycles. The van der Waals surface area contributed by atoms with Gasteiger partial charge >= 0.3 is 0 Å². The topological polar surface area (TPSA) is 55.1 Å². The van der Waals surface area contributed by atoms with Gasteiger partial charge in [0, 0.05) is 10.9 Å². The molecule has 3 N–H and O–H groups in total. The van der Waals surface area contributed by atoms with E-state index in [1.807, 2.05) is 0 Å². The third-order valence-corrected chi connectivity index (χ3v) is 3.75. The summed E-state index contributed by atoms with van der Waals surface area (Å²) in [6, 6.07) is 4.49. The monoisotopic (exact) mass is 344 g/mol. The molecule has 0 aliphatic carbocycles. The van der Waals surface area contributed by atoms with Crippen LogP contribution in [0.4, 0.5) is 10.1 Å². The van der Waals surface area contributed by atoms with Gasteiger partial charge in [-0.1, -0.05) is 35.7 Å². The molecule has 3 nitrogen and oxygen atoms in total. The molecule has 0 saturated carbocycles. The number of carbonyl (C=O) groups is 1. The first-order chi connectivity index (χ1) is 9.56. The van der Waals surface area contributed by atoms with Gasteiger partial charge in [0.1, 0.15) is 5.82 Å². The number of nitrogens with one attached hydrogen (secondary N) is 1. The standard InChI is InChI=1S/C15H22BrFN2O/c1-2-3-11(8-9-18)4-7-15(20)19-14-10-12(16)5-6-13(14)17/h5-6,10-11H,2-4,7-9,18H2,1H3,(H,19,20). The lowest BCUT2D eigenvalue weighted by Crippen LogP contribution is -2.16. The predicted octanol–water partition coefficient (Wildman–Crippen LogP) is 4.07. The Morgan fingerprint density at radius 3 is 2.80 bits per heavy atom. The SMILES string of the molecule is CCCC(CCN)CCC(=O)Nc1cc(Br)ccc1F. The molecule has 0 heterocycles. The van der Waals surface area contributed by atoms with Crippen LogP contribution in [0.1, 0.15) is 39.0 Å². The Hall–Kier alpha value is -0.940. The average molecular weight is 345 g/mol. The Kier molecular flexibility index (Phi) is 7.77. The summed E-state index contributed by atoms with van der Waals surface area (Å²) in [7, 11) is 0. The zero-order chi connectivity index (χ0) is 15.0.